The van der Waals surface area contributed by atoms with Gasteiger partial charge in [-0.05, 0) is 29.8 Å². The van der Waals surface area contributed by atoms with E-state index in [9.17, 15) is 4.79 Å². The molecular weight excluding hydrogens is 282 g/mol. The Hall–Kier alpha value is -3.00. The molecule has 0 atom stereocenters. The van der Waals surface area contributed by atoms with Crippen molar-refractivity contribution in [2.45, 2.75) is 0 Å². The molecule has 2 rings (SSSR count). The lowest BCUT2D eigenvalue weighted by molar-refractivity contribution is 0.0601. The second-order valence-corrected chi connectivity index (χ2v) is 4.43. The summed E-state index contributed by atoms with van der Waals surface area (Å²) in [6, 6.07) is 12.2. The molecule has 5 nitrogen and oxygen atoms in total. The zero-order valence-electron chi connectivity index (χ0n) is 12.5. The number of ether oxygens (including phenoxy) is 3. The Morgan fingerprint density at radius 3 is 2.32 bits per heavy atom. The second kappa shape index (κ2) is 6.64. The first-order chi connectivity index (χ1) is 10.6. The van der Waals surface area contributed by atoms with Crippen molar-refractivity contribution in [3.63, 3.8) is 0 Å². The maximum atomic E-state index is 12.0. The molecule has 2 aromatic rings. The van der Waals surface area contributed by atoms with Crippen molar-refractivity contribution in [1.82, 2.24) is 0 Å². The Labute approximate surface area is 128 Å². The molecule has 0 fully saturated rings. The van der Waals surface area contributed by atoms with Crippen LogP contribution < -0.4 is 9.47 Å². The fraction of sp³-hybridized carbons (Fsp3) is 0.176. The van der Waals surface area contributed by atoms with Gasteiger partial charge in [0.15, 0.2) is 0 Å². The Bertz CT molecular complexity index is 747. The Kier molecular flexibility index (Phi) is 4.64. The van der Waals surface area contributed by atoms with Gasteiger partial charge in [0.25, 0.3) is 0 Å². The summed E-state index contributed by atoms with van der Waals surface area (Å²) < 4.78 is 15.3. The molecular formula is C17H15NO4. The van der Waals surface area contributed by atoms with Crippen molar-refractivity contribution in [2.75, 3.05) is 21.3 Å². The van der Waals surface area contributed by atoms with Crippen LogP contribution in [0, 0.1) is 11.3 Å². The van der Waals surface area contributed by atoms with E-state index >= 15 is 0 Å². The monoisotopic (exact) mass is 297 g/mol. The molecule has 2 aromatic carbocycles. The van der Waals surface area contributed by atoms with Gasteiger partial charge in [0.05, 0.1) is 38.5 Å². The second-order valence-electron chi connectivity index (χ2n) is 4.43. The van der Waals surface area contributed by atoms with Gasteiger partial charge in [-0.15, -0.1) is 0 Å². The molecule has 0 aromatic heterocycles. The number of nitriles is 1. The third-order valence-electron chi connectivity index (χ3n) is 3.25. The minimum absolute atomic E-state index is 0.310. The molecule has 0 spiro atoms. The molecule has 112 valence electrons. The topological polar surface area (TPSA) is 68.6 Å². The highest BCUT2D eigenvalue weighted by Crippen LogP contribution is 2.35. The molecule has 0 saturated heterocycles. The number of benzene rings is 2. The van der Waals surface area contributed by atoms with Crippen molar-refractivity contribution >= 4 is 5.97 Å². The lowest BCUT2D eigenvalue weighted by Gasteiger charge is -2.13. The molecule has 0 heterocycles. The summed E-state index contributed by atoms with van der Waals surface area (Å²) in [7, 11) is 4.41. The summed E-state index contributed by atoms with van der Waals surface area (Å²) in [5.41, 5.74) is 2.04. The van der Waals surface area contributed by atoms with Crippen LogP contribution in [-0.4, -0.2) is 27.3 Å². The van der Waals surface area contributed by atoms with Gasteiger partial charge in [-0.3, -0.25) is 0 Å². The maximum absolute atomic E-state index is 12.0. The maximum Gasteiger partial charge on any atom is 0.338 e. The number of esters is 1. The van der Waals surface area contributed by atoms with Gasteiger partial charge in [-0.25, -0.2) is 4.79 Å². The number of carbonyl (C=O) groups is 1. The van der Waals surface area contributed by atoms with Crippen molar-refractivity contribution < 1.29 is 19.0 Å². The van der Waals surface area contributed by atoms with Crippen LogP contribution in [0.5, 0.6) is 11.5 Å². The Morgan fingerprint density at radius 1 is 1.00 bits per heavy atom. The number of rotatable bonds is 4. The van der Waals surface area contributed by atoms with Gasteiger partial charge in [-0.1, -0.05) is 6.07 Å². The average molecular weight is 297 g/mol. The number of nitrogens with zero attached hydrogens (tertiary/aromatic N) is 1. The highest BCUT2D eigenvalue weighted by molar-refractivity contribution is 5.98. The number of carbonyl (C=O) groups excluding carboxylic acids is 1. The minimum atomic E-state index is -0.509. The van der Waals surface area contributed by atoms with Crippen molar-refractivity contribution in [3.8, 4) is 28.7 Å². The molecule has 0 aliphatic rings. The molecule has 0 radical (unpaired) electrons. The summed E-state index contributed by atoms with van der Waals surface area (Å²) in [5, 5.41) is 9.00. The van der Waals surface area contributed by atoms with Gasteiger partial charge in [0.2, 0.25) is 0 Å². The van der Waals surface area contributed by atoms with E-state index in [0.29, 0.717) is 33.8 Å². The van der Waals surface area contributed by atoms with Crippen molar-refractivity contribution in [3.05, 3.63) is 47.5 Å². The molecule has 22 heavy (non-hydrogen) atoms. The molecule has 0 aliphatic heterocycles. The highest BCUT2D eigenvalue weighted by Gasteiger charge is 2.17. The quantitative estimate of drug-likeness (QED) is 0.811. The first kappa shape index (κ1) is 15.4. The van der Waals surface area contributed by atoms with Crippen LogP contribution in [0.15, 0.2) is 36.4 Å². The van der Waals surface area contributed by atoms with Crippen LogP contribution in [0.2, 0.25) is 0 Å². The van der Waals surface area contributed by atoms with E-state index in [1.807, 2.05) is 6.07 Å². The van der Waals surface area contributed by atoms with E-state index in [4.69, 9.17) is 19.5 Å². The Morgan fingerprint density at radius 2 is 1.73 bits per heavy atom. The van der Waals surface area contributed by atoms with Crippen LogP contribution in [0.3, 0.4) is 0 Å². The summed E-state index contributed by atoms with van der Waals surface area (Å²) >= 11 is 0. The fourth-order valence-electron chi connectivity index (χ4n) is 2.15. The first-order valence-corrected chi connectivity index (χ1v) is 6.49. The molecule has 0 bridgehead atoms. The standard InChI is InChI=1S/C17H15NO4/c1-20-12-5-7-14(16(9-12)21-2)13-6-4-11(10-18)8-15(13)17(19)22-3/h4-9H,1-3H3. The molecule has 5 heteroatoms. The Balaban J connectivity index is 2.67. The van der Waals surface area contributed by atoms with Gasteiger partial charge < -0.3 is 14.2 Å². The van der Waals surface area contributed by atoms with Crippen LogP contribution in [0.1, 0.15) is 15.9 Å². The number of hydrogen-bond acceptors (Lipinski definition) is 5. The van der Waals surface area contributed by atoms with E-state index in [-0.39, 0.29) is 0 Å². The molecule has 0 N–H and O–H groups in total. The lowest BCUT2D eigenvalue weighted by Crippen LogP contribution is -2.05. The molecule has 0 unspecified atom stereocenters. The van der Waals surface area contributed by atoms with Crippen LogP contribution in [0.25, 0.3) is 11.1 Å². The number of hydrogen-bond donors (Lipinski definition) is 0. The average Bonchev–Trinajstić information content (AvgIpc) is 2.59. The van der Waals surface area contributed by atoms with Gasteiger partial charge in [0.1, 0.15) is 11.5 Å². The van der Waals surface area contributed by atoms with Crippen LogP contribution in [0.4, 0.5) is 0 Å². The van der Waals surface area contributed by atoms with Gasteiger partial charge in [-0.2, -0.15) is 5.26 Å². The molecule has 0 saturated carbocycles. The van der Waals surface area contributed by atoms with E-state index in [1.54, 1.807) is 44.6 Å². The summed E-state index contributed by atoms with van der Waals surface area (Å²) in [6.45, 7) is 0. The highest BCUT2D eigenvalue weighted by atomic mass is 16.5. The number of methoxy groups -OCH3 is 3. The largest absolute Gasteiger partial charge is 0.497 e. The van der Waals surface area contributed by atoms with Gasteiger partial charge in [0, 0.05) is 11.6 Å². The summed E-state index contributed by atoms with van der Waals surface area (Å²) in [5.74, 6) is 0.702. The van der Waals surface area contributed by atoms with E-state index in [0.717, 1.165) is 0 Å². The minimum Gasteiger partial charge on any atom is -0.497 e. The zero-order chi connectivity index (χ0) is 16.1. The van der Waals surface area contributed by atoms with E-state index in [1.165, 1.54) is 13.2 Å². The van der Waals surface area contributed by atoms with Crippen molar-refractivity contribution in [2.24, 2.45) is 0 Å². The summed E-state index contributed by atoms with van der Waals surface area (Å²) in [4.78, 5) is 12.0. The van der Waals surface area contributed by atoms with Crippen molar-refractivity contribution in [1.29, 1.82) is 5.26 Å². The predicted octanol–water partition coefficient (Wildman–Crippen LogP) is 3.03. The fourth-order valence-corrected chi connectivity index (χ4v) is 2.15. The normalized spacial score (nSPS) is 9.73. The SMILES string of the molecule is COC(=O)c1cc(C#N)ccc1-c1ccc(OC)cc1OC. The zero-order valence-corrected chi connectivity index (χ0v) is 12.5. The smallest absolute Gasteiger partial charge is 0.338 e. The predicted molar refractivity (Wildman–Crippen MR) is 81.0 cm³/mol. The molecule has 0 aliphatic carbocycles. The van der Waals surface area contributed by atoms with E-state index in [2.05, 4.69) is 0 Å². The molecule has 0 amide bonds. The third-order valence-corrected chi connectivity index (χ3v) is 3.25. The first-order valence-electron chi connectivity index (χ1n) is 6.49. The van der Waals surface area contributed by atoms with Crippen LogP contribution in [-0.2, 0) is 4.74 Å². The van der Waals surface area contributed by atoms with Crippen LogP contribution >= 0.6 is 0 Å². The van der Waals surface area contributed by atoms with Gasteiger partial charge >= 0.3 is 5.97 Å². The van der Waals surface area contributed by atoms with E-state index < -0.39 is 5.97 Å². The summed E-state index contributed by atoms with van der Waals surface area (Å²) in [6.07, 6.45) is 0. The third kappa shape index (κ3) is 2.86. The lowest BCUT2D eigenvalue weighted by atomic mass is 9.97.